The number of ether oxygens (including phenoxy) is 1. The number of nitrogen functional groups attached to an aromatic ring is 1. The maximum Gasteiger partial charge on any atom is 0.257 e. The highest BCUT2D eigenvalue weighted by Gasteiger charge is 2.43. The quantitative estimate of drug-likeness (QED) is 0.676. The van der Waals surface area contributed by atoms with Crippen LogP contribution < -0.4 is 10.5 Å². The van der Waals surface area contributed by atoms with E-state index >= 15 is 0 Å². The van der Waals surface area contributed by atoms with Crippen LogP contribution in [0.5, 0.6) is 5.75 Å². The molecule has 0 unspecified atom stereocenters. The number of fused-ring (bicyclic) bond motifs is 2. The smallest absolute Gasteiger partial charge is 0.257 e. The molecule has 142 valence electrons. The number of anilines is 1. The van der Waals surface area contributed by atoms with Crippen molar-refractivity contribution in [1.82, 2.24) is 4.90 Å². The van der Waals surface area contributed by atoms with Crippen molar-refractivity contribution in [2.24, 2.45) is 0 Å². The predicted octanol–water partition coefficient (Wildman–Crippen LogP) is 4.12. The Hall–Kier alpha value is -2.86. The van der Waals surface area contributed by atoms with E-state index < -0.39 is 5.60 Å². The summed E-state index contributed by atoms with van der Waals surface area (Å²) >= 11 is 1.45. The molecule has 0 aliphatic carbocycles. The van der Waals surface area contributed by atoms with Crippen LogP contribution in [-0.2, 0) is 0 Å². The van der Waals surface area contributed by atoms with Gasteiger partial charge < -0.3 is 15.4 Å². The second kappa shape index (κ2) is 6.34. The summed E-state index contributed by atoms with van der Waals surface area (Å²) in [5.41, 5.74) is 6.92. The van der Waals surface area contributed by atoms with Crippen molar-refractivity contribution in [1.29, 1.82) is 0 Å². The SMILES string of the molecule is Nc1sc2ccccc2c1C(=O)N1CCC2(CC1)CC(=O)c1ccccc1O2. The molecule has 1 fully saturated rings. The van der Waals surface area contributed by atoms with Crippen LogP contribution in [0, 0.1) is 0 Å². The molecule has 0 atom stereocenters. The van der Waals surface area contributed by atoms with E-state index in [1.807, 2.05) is 53.4 Å². The van der Waals surface area contributed by atoms with Gasteiger partial charge in [0.25, 0.3) is 5.91 Å². The Morgan fingerprint density at radius 1 is 1.07 bits per heavy atom. The molecule has 2 aliphatic heterocycles. The number of nitrogens with zero attached hydrogens (tertiary/aromatic N) is 1. The standard InChI is InChI=1S/C22H20N2O3S/c23-20-19(15-6-2-4-8-18(15)28-20)21(26)24-11-9-22(10-12-24)13-16(25)14-5-1-3-7-17(14)27-22/h1-8H,9-13,23H2. The molecule has 5 nitrogen and oxygen atoms in total. The van der Waals surface area contributed by atoms with Crippen LogP contribution in [0.3, 0.4) is 0 Å². The van der Waals surface area contributed by atoms with Gasteiger partial charge in [-0.1, -0.05) is 30.3 Å². The molecular formula is C22H20N2O3S. The molecule has 1 aromatic heterocycles. The molecule has 6 heteroatoms. The van der Waals surface area contributed by atoms with Crippen molar-refractivity contribution in [3.63, 3.8) is 0 Å². The van der Waals surface area contributed by atoms with E-state index in [-0.39, 0.29) is 11.7 Å². The van der Waals surface area contributed by atoms with E-state index in [0.29, 0.717) is 54.2 Å². The number of thiophene rings is 1. The van der Waals surface area contributed by atoms with Gasteiger partial charge in [-0.3, -0.25) is 9.59 Å². The third-order valence-corrected chi connectivity index (χ3v) is 6.80. The Morgan fingerprint density at radius 3 is 2.61 bits per heavy atom. The van der Waals surface area contributed by atoms with Crippen LogP contribution in [0.1, 0.15) is 40.0 Å². The molecule has 3 aromatic rings. The number of carbonyl (C=O) groups is 2. The molecule has 1 amide bonds. The summed E-state index contributed by atoms with van der Waals surface area (Å²) < 4.78 is 7.28. The third-order valence-electron chi connectivity index (χ3n) is 5.80. The van der Waals surface area contributed by atoms with Crippen LogP contribution in [0.15, 0.2) is 48.5 Å². The van der Waals surface area contributed by atoms with Crippen molar-refractivity contribution in [2.45, 2.75) is 24.9 Å². The number of hydrogen-bond acceptors (Lipinski definition) is 5. The van der Waals surface area contributed by atoms with Gasteiger partial charge in [0, 0.05) is 36.0 Å². The van der Waals surface area contributed by atoms with E-state index in [0.717, 1.165) is 10.1 Å². The molecule has 3 heterocycles. The topological polar surface area (TPSA) is 72.6 Å². The molecule has 2 aromatic carbocycles. The predicted molar refractivity (Wildman–Crippen MR) is 110 cm³/mol. The van der Waals surface area contributed by atoms with Gasteiger partial charge in [0.05, 0.1) is 22.5 Å². The van der Waals surface area contributed by atoms with Gasteiger partial charge in [0.1, 0.15) is 11.4 Å². The van der Waals surface area contributed by atoms with Gasteiger partial charge >= 0.3 is 0 Å². The number of amides is 1. The molecule has 0 bridgehead atoms. The number of carbonyl (C=O) groups excluding carboxylic acids is 2. The Morgan fingerprint density at radius 2 is 1.79 bits per heavy atom. The van der Waals surface area contributed by atoms with Crippen molar-refractivity contribution in [3.05, 3.63) is 59.7 Å². The molecule has 2 aliphatic rings. The molecule has 28 heavy (non-hydrogen) atoms. The van der Waals surface area contributed by atoms with Gasteiger partial charge in [-0.25, -0.2) is 0 Å². The second-order valence-electron chi connectivity index (χ2n) is 7.51. The number of ketones is 1. The molecule has 0 radical (unpaired) electrons. The number of nitrogens with two attached hydrogens (primary N) is 1. The number of likely N-dealkylation sites (tertiary alicyclic amines) is 1. The van der Waals surface area contributed by atoms with Crippen molar-refractivity contribution >= 4 is 38.1 Å². The van der Waals surface area contributed by atoms with Crippen LogP contribution in [0.25, 0.3) is 10.1 Å². The summed E-state index contributed by atoms with van der Waals surface area (Å²) in [6, 6.07) is 15.2. The zero-order chi connectivity index (χ0) is 19.3. The van der Waals surface area contributed by atoms with Crippen molar-refractivity contribution < 1.29 is 14.3 Å². The molecule has 0 saturated carbocycles. The summed E-state index contributed by atoms with van der Waals surface area (Å²) in [7, 11) is 0. The van der Waals surface area contributed by atoms with Crippen LogP contribution in [0.4, 0.5) is 5.00 Å². The lowest BCUT2D eigenvalue weighted by molar-refractivity contribution is -0.00561. The zero-order valence-corrected chi connectivity index (χ0v) is 16.1. The number of benzene rings is 2. The molecule has 1 spiro atoms. The Kier molecular flexibility index (Phi) is 3.91. The first-order valence-corrected chi connectivity index (χ1v) is 10.3. The summed E-state index contributed by atoms with van der Waals surface area (Å²) in [6.07, 6.45) is 1.65. The van der Waals surface area contributed by atoms with E-state index in [2.05, 4.69) is 0 Å². The second-order valence-corrected chi connectivity index (χ2v) is 8.59. The van der Waals surface area contributed by atoms with Gasteiger partial charge in [0.2, 0.25) is 0 Å². The van der Waals surface area contributed by atoms with E-state index in [4.69, 9.17) is 10.5 Å². The molecule has 1 saturated heterocycles. The Labute approximate surface area is 166 Å². The Balaban J connectivity index is 1.37. The minimum absolute atomic E-state index is 0.0349. The number of hydrogen-bond donors (Lipinski definition) is 1. The van der Waals surface area contributed by atoms with Gasteiger partial charge in [-0.05, 0) is 18.2 Å². The van der Waals surface area contributed by atoms with E-state index in [9.17, 15) is 9.59 Å². The summed E-state index contributed by atoms with van der Waals surface area (Å²) in [5.74, 6) is 0.744. The lowest BCUT2D eigenvalue weighted by Gasteiger charge is -2.44. The van der Waals surface area contributed by atoms with Crippen LogP contribution >= 0.6 is 11.3 Å². The first kappa shape index (κ1) is 17.3. The first-order chi connectivity index (χ1) is 13.6. The zero-order valence-electron chi connectivity index (χ0n) is 15.3. The summed E-state index contributed by atoms with van der Waals surface area (Å²) in [5, 5.41) is 1.47. The number of para-hydroxylation sites is 1. The third kappa shape index (κ3) is 2.67. The highest BCUT2D eigenvalue weighted by atomic mass is 32.1. The van der Waals surface area contributed by atoms with Gasteiger partial charge in [0.15, 0.2) is 5.78 Å². The maximum atomic E-state index is 13.2. The molecule has 2 N–H and O–H groups in total. The minimum Gasteiger partial charge on any atom is -0.486 e. The fourth-order valence-electron chi connectivity index (χ4n) is 4.28. The average Bonchev–Trinajstić information content (AvgIpc) is 3.04. The monoisotopic (exact) mass is 392 g/mol. The minimum atomic E-state index is -0.509. The number of rotatable bonds is 1. The number of piperidine rings is 1. The average molecular weight is 392 g/mol. The molecule has 5 rings (SSSR count). The van der Waals surface area contributed by atoms with Crippen LogP contribution in [-0.4, -0.2) is 35.3 Å². The van der Waals surface area contributed by atoms with Gasteiger partial charge in [-0.2, -0.15) is 0 Å². The summed E-state index contributed by atoms with van der Waals surface area (Å²) in [6.45, 7) is 1.11. The largest absolute Gasteiger partial charge is 0.486 e. The maximum absolute atomic E-state index is 13.2. The van der Waals surface area contributed by atoms with Crippen molar-refractivity contribution in [2.75, 3.05) is 18.8 Å². The normalized spacial score (nSPS) is 18.1. The van der Waals surface area contributed by atoms with Crippen molar-refractivity contribution in [3.8, 4) is 5.75 Å². The van der Waals surface area contributed by atoms with E-state index in [1.54, 1.807) is 0 Å². The number of Topliss-reactive ketones (excluding diaryl/α,β-unsaturated/α-hetero) is 1. The first-order valence-electron chi connectivity index (χ1n) is 9.44. The fraction of sp³-hybridized carbons (Fsp3) is 0.273. The Bertz CT molecular complexity index is 1100. The molecular weight excluding hydrogens is 372 g/mol. The lowest BCUT2D eigenvalue weighted by atomic mass is 9.82. The van der Waals surface area contributed by atoms with Crippen LogP contribution in [0.2, 0.25) is 0 Å². The highest BCUT2D eigenvalue weighted by Crippen LogP contribution is 2.40. The summed E-state index contributed by atoms with van der Waals surface area (Å²) in [4.78, 5) is 27.6. The van der Waals surface area contributed by atoms with Gasteiger partial charge in [-0.15, -0.1) is 11.3 Å². The lowest BCUT2D eigenvalue weighted by Crippen LogP contribution is -2.52. The van der Waals surface area contributed by atoms with E-state index in [1.165, 1.54) is 11.3 Å². The fourth-order valence-corrected chi connectivity index (χ4v) is 5.25. The highest BCUT2D eigenvalue weighted by molar-refractivity contribution is 7.23.